The third-order valence-corrected chi connectivity index (χ3v) is 1.81. The van der Waals surface area contributed by atoms with E-state index in [1.165, 1.54) is 6.07 Å². The van der Waals surface area contributed by atoms with Crippen molar-refractivity contribution in [3.63, 3.8) is 0 Å². The Labute approximate surface area is 97.2 Å². The molecule has 98 valence electrons. The first kappa shape index (κ1) is 14.0. The normalized spacial score (nSPS) is 11.4. The first-order valence-corrected chi connectivity index (χ1v) is 4.38. The van der Waals surface area contributed by atoms with Gasteiger partial charge < -0.3 is 9.84 Å². The molecule has 0 atom stereocenters. The largest absolute Gasteiger partial charge is 0.573 e. The first-order valence-electron chi connectivity index (χ1n) is 4.38. The number of hydrogen-bond donors (Lipinski definition) is 1. The summed E-state index contributed by atoms with van der Waals surface area (Å²) in [6.45, 7) is 0. The Balaban J connectivity index is 3.32. The SMILES string of the molecule is N#CCc1ncc(C(F)F)c(OC(F)(F)F)c1O. The molecule has 0 radical (unpaired) electrons. The second-order valence-electron chi connectivity index (χ2n) is 3.02. The van der Waals surface area contributed by atoms with Gasteiger partial charge in [0.25, 0.3) is 6.43 Å². The number of nitrogens with zero attached hydrogens (tertiary/aromatic N) is 2. The second kappa shape index (κ2) is 5.03. The molecule has 0 aliphatic heterocycles. The molecule has 18 heavy (non-hydrogen) atoms. The number of aromatic nitrogens is 1. The summed E-state index contributed by atoms with van der Waals surface area (Å²) in [6.07, 6.45) is -8.66. The number of alkyl halides is 5. The highest BCUT2D eigenvalue weighted by Crippen LogP contribution is 2.40. The average Bonchev–Trinajstić information content (AvgIpc) is 2.22. The van der Waals surface area contributed by atoms with E-state index in [0.29, 0.717) is 6.20 Å². The van der Waals surface area contributed by atoms with E-state index >= 15 is 0 Å². The predicted octanol–water partition coefficient (Wildman–Crippen LogP) is 2.69. The van der Waals surface area contributed by atoms with Crippen LogP contribution in [0.4, 0.5) is 22.0 Å². The van der Waals surface area contributed by atoms with Crippen LogP contribution < -0.4 is 4.74 Å². The number of rotatable bonds is 3. The highest BCUT2D eigenvalue weighted by atomic mass is 19.4. The lowest BCUT2D eigenvalue weighted by molar-refractivity contribution is -0.275. The van der Waals surface area contributed by atoms with E-state index in [-0.39, 0.29) is 0 Å². The fourth-order valence-corrected chi connectivity index (χ4v) is 1.12. The summed E-state index contributed by atoms with van der Waals surface area (Å²) in [5.74, 6) is -2.65. The topological polar surface area (TPSA) is 66.1 Å². The summed E-state index contributed by atoms with van der Waals surface area (Å²) in [7, 11) is 0. The fourth-order valence-electron chi connectivity index (χ4n) is 1.12. The van der Waals surface area contributed by atoms with E-state index in [9.17, 15) is 27.1 Å². The minimum Gasteiger partial charge on any atom is -0.503 e. The molecule has 1 aromatic heterocycles. The maximum absolute atomic E-state index is 12.4. The van der Waals surface area contributed by atoms with Crippen LogP contribution in [-0.4, -0.2) is 16.5 Å². The van der Waals surface area contributed by atoms with E-state index in [1.807, 2.05) is 0 Å². The van der Waals surface area contributed by atoms with E-state index in [2.05, 4.69) is 9.72 Å². The molecule has 1 rings (SSSR count). The zero-order chi connectivity index (χ0) is 13.9. The van der Waals surface area contributed by atoms with Crippen molar-refractivity contribution in [2.45, 2.75) is 19.2 Å². The van der Waals surface area contributed by atoms with Crippen LogP contribution in [-0.2, 0) is 6.42 Å². The zero-order valence-electron chi connectivity index (χ0n) is 8.50. The van der Waals surface area contributed by atoms with Crippen molar-refractivity contribution in [2.75, 3.05) is 0 Å². The molecule has 0 amide bonds. The van der Waals surface area contributed by atoms with Crippen LogP contribution in [0.1, 0.15) is 17.7 Å². The Morgan fingerprint density at radius 3 is 2.50 bits per heavy atom. The van der Waals surface area contributed by atoms with E-state index < -0.39 is 42.0 Å². The molecule has 0 saturated carbocycles. The molecule has 9 heteroatoms. The maximum Gasteiger partial charge on any atom is 0.573 e. The molecule has 0 spiro atoms. The van der Waals surface area contributed by atoms with Crippen LogP contribution in [0.5, 0.6) is 11.5 Å². The van der Waals surface area contributed by atoms with Gasteiger partial charge in [0.2, 0.25) is 0 Å². The minimum atomic E-state index is -5.24. The monoisotopic (exact) mass is 268 g/mol. The Morgan fingerprint density at radius 2 is 2.06 bits per heavy atom. The third kappa shape index (κ3) is 3.19. The molecule has 0 fully saturated rings. The van der Waals surface area contributed by atoms with Gasteiger partial charge >= 0.3 is 6.36 Å². The standard InChI is InChI=1S/C9H5F5N2O2/c10-8(11)4-3-16-5(1-2-15)6(17)7(4)18-9(12,13)14/h3,8,17H,1H2. The molecule has 4 nitrogen and oxygen atoms in total. The van der Waals surface area contributed by atoms with Gasteiger partial charge in [0.15, 0.2) is 11.5 Å². The number of aromatic hydroxyl groups is 1. The van der Waals surface area contributed by atoms with E-state index in [4.69, 9.17) is 5.26 Å². The molecule has 0 aromatic carbocycles. The van der Waals surface area contributed by atoms with Crippen molar-refractivity contribution in [3.05, 3.63) is 17.5 Å². The first-order chi connectivity index (χ1) is 8.26. The van der Waals surface area contributed by atoms with E-state index in [1.54, 1.807) is 0 Å². The smallest absolute Gasteiger partial charge is 0.503 e. The Hall–Kier alpha value is -2.11. The molecule has 1 aromatic rings. The maximum atomic E-state index is 12.4. The number of nitriles is 1. The van der Waals surface area contributed by atoms with Crippen LogP contribution in [0, 0.1) is 11.3 Å². The summed E-state index contributed by atoms with van der Waals surface area (Å²) in [6, 6.07) is 1.52. The number of ether oxygens (including phenoxy) is 1. The molecule has 0 saturated heterocycles. The van der Waals surface area contributed by atoms with Gasteiger partial charge in [0, 0.05) is 6.20 Å². The van der Waals surface area contributed by atoms with Crippen molar-refractivity contribution in [3.8, 4) is 17.6 Å². The lowest BCUT2D eigenvalue weighted by Crippen LogP contribution is -2.19. The molecule has 0 bridgehead atoms. The van der Waals surface area contributed by atoms with Gasteiger partial charge in [-0.1, -0.05) is 0 Å². The van der Waals surface area contributed by atoms with Gasteiger partial charge in [0.1, 0.15) is 0 Å². The molecule has 0 unspecified atom stereocenters. The number of hydrogen-bond acceptors (Lipinski definition) is 4. The zero-order valence-corrected chi connectivity index (χ0v) is 8.50. The molecule has 0 aliphatic carbocycles. The summed E-state index contributed by atoms with van der Waals surface area (Å²) >= 11 is 0. The van der Waals surface area contributed by atoms with Crippen LogP contribution in [0.15, 0.2) is 6.20 Å². The lowest BCUT2D eigenvalue weighted by atomic mass is 10.2. The summed E-state index contributed by atoms with van der Waals surface area (Å²) in [4.78, 5) is 3.28. The average molecular weight is 268 g/mol. The van der Waals surface area contributed by atoms with Gasteiger partial charge in [-0.3, -0.25) is 4.98 Å². The van der Waals surface area contributed by atoms with Gasteiger partial charge in [-0.05, 0) is 0 Å². The van der Waals surface area contributed by atoms with Crippen molar-refractivity contribution < 1.29 is 31.8 Å². The van der Waals surface area contributed by atoms with Crippen molar-refractivity contribution >= 4 is 0 Å². The minimum absolute atomic E-state index is 0.429. The third-order valence-electron chi connectivity index (χ3n) is 1.81. The number of halogens is 5. The van der Waals surface area contributed by atoms with Gasteiger partial charge in [-0.25, -0.2) is 8.78 Å². The fraction of sp³-hybridized carbons (Fsp3) is 0.333. The molecule has 1 N–H and O–H groups in total. The van der Waals surface area contributed by atoms with Crippen LogP contribution >= 0.6 is 0 Å². The lowest BCUT2D eigenvalue weighted by Gasteiger charge is -2.15. The molecule has 1 heterocycles. The quantitative estimate of drug-likeness (QED) is 0.856. The molecular formula is C9H5F5N2O2. The predicted molar refractivity (Wildman–Crippen MR) is 46.9 cm³/mol. The van der Waals surface area contributed by atoms with Crippen molar-refractivity contribution in [1.82, 2.24) is 4.98 Å². The molecular weight excluding hydrogens is 263 g/mol. The Morgan fingerprint density at radius 1 is 1.44 bits per heavy atom. The summed E-state index contributed by atoms with van der Waals surface area (Å²) in [5, 5.41) is 17.7. The Kier molecular flexibility index (Phi) is 3.90. The molecule has 0 aliphatic rings. The van der Waals surface area contributed by atoms with Gasteiger partial charge in [-0.2, -0.15) is 5.26 Å². The number of pyridine rings is 1. The van der Waals surface area contributed by atoms with Crippen molar-refractivity contribution in [1.29, 1.82) is 5.26 Å². The highest BCUT2D eigenvalue weighted by molar-refractivity contribution is 5.48. The van der Waals surface area contributed by atoms with Crippen molar-refractivity contribution in [2.24, 2.45) is 0 Å². The summed E-state index contributed by atoms with van der Waals surface area (Å²) in [5.41, 5.74) is -1.67. The van der Waals surface area contributed by atoms with Crippen LogP contribution in [0.2, 0.25) is 0 Å². The van der Waals surface area contributed by atoms with Crippen LogP contribution in [0.3, 0.4) is 0 Å². The summed E-state index contributed by atoms with van der Waals surface area (Å²) < 4.78 is 64.3. The van der Waals surface area contributed by atoms with Gasteiger partial charge in [-0.15, -0.1) is 13.2 Å². The highest BCUT2D eigenvalue weighted by Gasteiger charge is 2.35. The second-order valence-corrected chi connectivity index (χ2v) is 3.02. The van der Waals surface area contributed by atoms with Gasteiger partial charge in [0.05, 0.1) is 23.7 Å². The Bertz CT molecular complexity index is 481. The van der Waals surface area contributed by atoms with E-state index in [0.717, 1.165) is 0 Å². The van der Waals surface area contributed by atoms with Crippen LogP contribution in [0.25, 0.3) is 0 Å².